The first-order valence-electron chi connectivity index (χ1n) is 5.12. The molecule has 1 rings (SSSR count). The lowest BCUT2D eigenvalue weighted by molar-refractivity contribution is -0.858. The minimum atomic E-state index is -0.425. The molecule has 0 bridgehead atoms. The number of carbonyl (C=O) groups excluding carboxylic acids is 1. The highest BCUT2D eigenvalue weighted by Gasteiger charge is 2.07. The average Bonchev–Trinajstić information content (AvgIpc) is 2.26. The fraction of sp³-hybridized carbons (Fsp3) is 0.455. The minimum Gasteiger partial charge on any atom is -0.465 e. The fourth-order valence-corrected chi connectivity index (χ4v) is 1.29. The van der Waals surface area contributed by atoms with Crippen LogP contribution >= 0.6 is 0 Å². The van der Waals surface area contributed by atoms with Crippen LogP contribution in [0, 0.1) is 0 Å². The summed E-state index contributed by atoms with van der Waals surface area (Å²) in [5.74, 6) is -0.425. The van der Waals surface area contributed by atoms with Gasteiger partial charge >= 0.3 is 5.97 Å². The van der Waals surface area contributed by atoms with E-state index in [0.717, 1.165) is 6.54 Å². The zero-order valence-corrected chi connectivity index (χ0v) is 9.82. The number of nitrogens with one attached hydrogen (secondary N) is 1. The fourth-order valence-electron chi connectivity index (χ4n) is 1.29. The van der Waals surface area contributed by atoms with E-state index in [1.165, 1.54) is 34.9 Å². The van der Waals surface area contributed by atoms with Gasteiger partial charge in [-0.2, -0.15) is 0 Å². The molecule has 1 aromatic rings. The highest BCUT2D eigenvalue weighted by molar-refractivity contribution is 5.88. The monoisotopic (exact) mass is 225 g/mol. The zero-order chi connectivity index (χ0) is 12.1. The van der Waals surface area contributed by atoms with Crippen LogP contribution in [-0.4, -0.2) is 38.3 Å². The molecule has 1 aromatic heterocycles. The van der Waals surface area contributed by atoms with Crippen LogP contribution < -0.4 is 10.5 Å². The molecule has 0 amide bonds. The maximum Gasteiger partial charge on any atom is 0.339 e. The van der Waals surface area contributed by atoms with Crippen LogP contribution in [0.2, 0.25) is 0 Å². The second kappa shape index (κ2) is 5.46. The van der Waals surface area contributed by atoms with Crippen LogP contribution in [0.4, 0.5) is 0 Å². The van der Waals surface area contributed by atoms with Crippen molar-refractivity contribution in [2.45, 2.75) is 6.54 Å². The molecule has 88 valence electrons. The van der Waals surface area contributed by atoms with Crippen LogP contribution in [0.25, 0.3) is 0 Å². The van der Waals surface area contributed by atoms with Crippen LogP contribution in [-0.2, 0) is 11.3 Å². The summed E-state index contributed by atoms with van der Waals surface area (Å²) in [5, 5.41) is 0. The highest BCUT2D eigenvalue weighted by Crippen LogP contribution is 1.97. The minimum absolute atomic E-state index is 0.103. The topological polar surface area (TPSA) is 52.7 Å². The van der Waals surface area contributed by atoms with Crippen molar-refractivity contribution in [2.24, 2.45) is 0 Å². The normalized spacial score (nSPS) is 10.5. The Kier molecular flexibility index (Phi) is 4.25. The Bertz CT molecular complexity index is 423. The van der Waals surface area contributed by atoms with Crippen LogP contribution in [0.1, 0.15) is 10.4 Å². The Morgan fingerprint density at radius 1 is 1.44 bits per heavy atom. The largest absolute Gasteiger partial charge is 0.465 e. The van der Waals surface area contributed by atoms with E-state index in [1.807, 2.05) is 14.1 Å². The summed E-state index contributed by atoms with van der Waals surface area (Å²) < 4.78 is 6.12. The number of quaternary nitrogens is 1. The highest BCUT2D eigenvalue weighted by atomic mass is 16.5. The van der Waals surface area contributed by atoms with Gasteiger partial charge in [0.25, 0.3) is 5.56 Å². The summed E-state index contributed by atoms with van der Waals surface area (Å²) in [6, 6.07) is 2.87. The summed E-state index contributed by atoms with van der Waals surface area (Å²) in [6.07, 6.45) is 1.54. The van der Waals surface area contributed by atoms with Crippen molar-refractivity contribution in [1.29, 1.82) is 0 Å². The van der Waals surface area contributed by atoms with Crippen molar-refractivity contribution in [2.75, 3.05) is 27.7 Å². The maximum atomic E-state index is 11.5. The lowest BCUT2D eigenvalue weighted by Gasteiger charge is -2.09. The van der Waals surface area contributed by atoms with Crippen molar-refractivity contribution in [1.82, 2.24) is 4.57 Å². The molecular formula is C11H17N2O3+. The Morgan fingerprint density at radius 3 is 2.69 bits per heavy atom. The number of pyridine rings is 1. The summed E-state index contributed by atoms with van der Waals surface area (Å²) in [4.78, 5) is 24.0. The molecule has 0 radical (unpaired) electrons. The van der Waals surface area contributed by atoms with Gasteiger partial charge in [-0.05, 0) is 6.07 Å². The molecule has 1 heterocycles. The van der Waals surface area contributed by atoms with Crippen molar-refractivity contribution in [3.63, 3.8) is 0 Å². The molecule has 16 heavy (non-hydrogen) atoms. The molecule has 5 nitrogen and oxygen atoms in total. The van der Waals surface area contributed by atoms with E-state index in [2.05, 4.69) is 4.74 Å². The van der Waals surface area contributed by atoms with Gasteiger partial charge in [-0.3, -0.25) is 4.79 Å². The van der Waals surface area contributed by atoms with Gasteiger partial charge in [0.2, 0.25) is 0 Å². The number of hydrogen-bond acceptors (Lipinski definition) is 3. The molecule has 0 atom stereocenters. The van der Waals surface area contributed by atoms with Crippen molar-refractivity contribution in [3.05, 3.63) is 34.2 Å². The SMILES string of the molecule is COC(=O)c1ccc(=O)n(CC[NH+](C)C)c1. The number of methoxy groups -OCH3 is 1. The summed E-state index contributed by atoms with van der Waals surface area (Å²) in [6.45, 7) is 1.41. The molecular weight excluding hydrogens is 208 g/mol. The standard InChI is InChI=1S/C11H16N2O3/c1-12(2)6-7-13-8-9(11(15)16-3)4-5-10(13)14/h4-5,8H,6-7H2,1-3H3/p+1. The van der Waals surface area contributed by atoms with Crippen LogP contribution in [0.3, 0.4) is 0 Å². The van der Waals surface area contributed by atoms with Gasteiger partial charge in [-0.1, -0.05) is 0 Å². The molecule has 0 aliphatic rings. The Labute approximate surface area is 94.2 Å². The lowest BCUT2D eigenvalue weighted by Crippen LogP contribution is -3.06. The number of rotatable bonds is 4. The predicted octanol–water partition coefficient (Wildman–Crippen LogP) is -1.22. The molecule has 0 fully saturated rings. The van der Waals surface area contributed by atoms with Crippen molar-refractivity contribution >= 4 is 5.97 Å². The molecule has 0 saturated carbocycles. The van der Waals surface area contributed by atoms with Gasteiger partial charge in [0.15, 0.2) is 0 Å². The molecule has 0 aromatic carbocycles. The molecule has 0 spiro atoms. The van der Waals surface area contributed by atoms with E-state index in [-0.39, 0.29) is 5.56 Å². The first kappa shape index (κ1) is 12.4. The number of carbonyl (C=O) groups is 1. The van der Waals surface area contributed by atoms with Crippen molar-refractivity contribution in [3.8, 4) is 0 Å². The molecule has 0 saturated heterocycles. The van der Waals surface area contributed by atoms with Gasteiger partial charge in [0.05, 0.1) is 39.9 Å². The number of esters is 1. The van der Waals surface area contributed by atoms with Crippen LogP contribution in [0.15, 0.2) is 23.1 Å². The molecule has 5 heteroatoms. The van der Waals surface area contributed by atoms with E-state index >= 15 is 0 Å². The number of aromatic nitrogens is 1. The summed E-state index contributed by atoms with van der Waals surface area (Å²) in [5.41, 5.74) is 0.296. The number of likely N-dealkylation sites (N-methyl/N-ethyl adjacent to an activating group) is 1. The first-order chi connectivity index (χ1) is 7.54. The smallest absolute Gasteiger partial charge is 0.339 e. The van der Waals surface area contributed by atoms with Gasteiger partial charge in [-0.25, -0.2) is 4.79 Å². The van der Waals surface area contributed by atoms with Gasteiger partial charge in [0, 0.05) is 12.3 Å². The van der Waals surface area contributed by atoms with E-state index in [4.69, 9.17) is 0 Å². The Morgan fingerprint density at radius 2 is 2.12 bits per heavy atom. The summed E-state index contributed by atoms with van der Waals surface area (Å²) in [7, 11) is 5.34. The van der Waals surface area contributed by atoms with E-state index in [0.29, 0.717) is 12.1 Å². The molecule has 0 unspecified atom stereocenters. The Balaban J connectivity index is 2.91. The third kappa shape index (κ3) is 3.20. The van der Waals surface area contributed by atoms with E-state index < -0.39 is 5.97 Å². The predicted molar refractivity (Wildman–Crippen MR) is 59.7 cm³/mol. The zero-order valence-electron chi connectivity index (χ0n) is 9.82. The van der Waals surface area contributed by atoms with E-state index in [1.54, 1.807) is 0 Å². The maximum absolute atomic E-state index is 11.5. The molecule has 0 aliphatic heterocycles. The number of nitrogens with zero attached hydrogens (tertiary/aromatic N) is 1. The third-order valence-corrected chi connectivity index (χ3v) is 2.26. The molecule has 0 aliphatic carbocycles. The van der Waals surface area contributed by atoms with Crippen LogP contribution in [0.5, 0.6) is 0 Å². The third-order valence-electron chi connectivity index (χ3n) is 2.26. The molecule has 1 N–H and O–H groups in total. The summed E-state index contributed by atoms with van der Waals surface area (Å²) >= 11 is 0. The number of ether oxygens (including phenoxy) is 1. The van der Waals surface area contributed by atoms with Crippen molar-refractivity contribution < 1.29 is 14.4 Å². The van der Waals surface area contributed by atoms with Gasteiger partial charge < -0.3 is 14.2 Å². The average molecular weight is 225 g/mol. The Hall–Kier alpha value is -1.62. The van der Waals surface area contributed by atoms with Gasteiger partial charge in [-0.15, -0.1) is 0 Å². The second-order valence-electron chi connectivity index (χ2n) is 3.90. The quantitative estimate of drug-likeness (QED) is 0.653. The lowest BCUT2D eigenvalue weighted by atomic mass is 10.3. The second-order valence-corrected chi connectivity index (χ2v) is 3.90. The van der Waals surface area contributed by atoms with E-state index in [9.17, 15) is 9.59 Å². The van der Waals surface area contributed by atoms with Gasteiger partial charge in [0.1, 0.15) is 0 Å². The number of hydrogen-bond donors (Lipinski definition) is 1. The first-order valence-corrected chi connectivity index (χ1v) is 5.12.